The Labute approximate surface area is 108 Å². The van der Waals surface area contributed by atoms with Crippen LogP contribution in [0.25, 0.3) is 0 Å². The zero-order valence-corrected chi connectivity index (χ0v) is 12.4. The number of aromatic carboxylic acids is 1. The lowest BCUT2D eigenvalue weighted by Crippen LogP contribution is -2.16. The van der Waals surface area contributed by atoms with Crippen LogP contribution in [-0.2, 0) is 0 Å². The maximum Gasteiger partial charge on any atom is 0.336 e. The van der Waals surface area contributed by atoms with Gasteiger partial charge in [0.05, 0.1) is 5.56 Å². The summed E-state index contributed by atoms with van der Waals surface area (Å²) < 4.78 is 0. The lowest BCUT2D eigenvalue weighted by molar-refractivity contribution is 0.0695. The summed E-state index contributed by atoms with van der Waals surface area (Å²) in [4.78, 5) is 11.7. The molecule has 1 aromatic rings. The Hall–Kier alpha value is -1.18. The molecule has 0 radical (unpaired) electrons. The van der Waals surface area contributed by atoms with Crippen LogP contribution in [0.4, 0.5) is 0 Å². The van der Waals surface area contributed by atoms with Crippen LogP contribution in [0.1, 0.15) is 21.5 Å². The fourth-order valence-electron chi connectivity index (χ4n) is 1.25. The normalized spacial score (nSPS) is 10.6. The van der Waals surface area contributed by atoms with E-state index in [1.54, 1.807) is 13.0 Å². The Morgan fingerprint density at radius 1 is 1.35 bits per heavy atom. The Balaban J connectivity index is 3.28. The van der Waals surface area contributed by atoms with Crippen LogP contribution >= 0.6 is 12.6 Å². The monoisotopic (exact) mass is 264 g/mol. The summed E-state index contributed by atoms with van der Waals surface area (Å²) in [6, 6.07) is 3.43. The molecule has 90 valence electrons. The van der Waals surface area contributed by atoms with E-state index in [0.717, 1.165) is 5.56 Å². The highest BCUT2D eigenvalue weighted by Gasteiger charge is 2.11. The molecule has 0 amide bonds. The molecular weight excluding hydrogens is 248 g/mol. The molecule has 4 heteroatoms. The predicted octanol–water partition coefficient (Wildman–Crippen LogP) is 3.21. The van der Waals surface area contributed by atoms with E-state index in [4.69, 9.17) is 5.11 Å². The third-order valence-electron chi connectivity index (χ3n) is 2.19. The Morgan fingerprint density at radius 2 is 1.94 bits per heavy atom. The minimum Gasteiger partial charge on any atom is -0.478 e. The van der Waals surface area contributed by atoms with Gasteiger partial charge in [-0.1, -0.05) is 25.6 Å². The number of carboxylic acid groups (broad SMARTS) is 1. The smallest absolute Gasteiger partial charge is 0.336 e. The summed E-state index contributed by atoms with van der Waals surface area (Å²) >= 11 is 4.28. The van der Waals surface area contributed by atoms with Gasteiger partial charge in [0.25, 0.3) is 0 Å². The molecule has 0 unspecified atom stereocenters. The van der Waals surface area contributed by atoms with E-state index in [9.17, 15) is 4.79 Å². The number of carbonyl (C=O) groups is 1. The second kappa shape index (κ2) is 4.99. The first-order chi connectivity index (χ1) is 7.70. The molecule has 1 rings (SSSR count). The molecule has 0 fully saturated rings. The number of hydrogen-bond donors (Lipinski definition) is 2. The first kappa shape index (κ1) is 13.9. The van der Waals surface area contributed by atoms with Crippen LogP contribution in [0.3, 0.4) is 0 Å². The Morgan fingerprint density at radius 3 is 2.41 bits per heavy atom. The predicted molar refractivity (Wildman–Crippen MR) is 75.6 cm³/mol. The summed E-state index contributed by atoms with van der Waals surface area (Å²) in [5.41, 5.74) is 4.89. The van der Waals surface area contributed by atoms with Crippen molar-refractivity contribution < 1.29 is 9.90 Å². The maximum absolute atomic E-state index is 11.1. The minimum absolute atomic E-state index is 0.275. The highest BCUT2D eigenvalue weighted by molar-refractivity contribution is 7.80. The van der Waals surface area contributed by atoms with E-state index >= 15 is 0 Å². The molecule has 2 nitrogen and oxygen atoms in total. The molecule has 0 heterocycles. The standard InChI is InChI=1S/C13H16O2SSi/c1-9-11(13(14)15)7-10(8-12(9)16)5-6-17(2,3)4/h7-8,16H,1-4H3,(H,14,15). The van der Waals surface area contributed by atoms with Gasteiger partial charge >= 0.3 is 5.97 Å². The van der Waals surface area contributed by atoms with E-state index in [1.807, 2.05) is 6.07 Å². The fourth-order valence-corrected chi connectivity index (χ4v) is 2.03. The lowest BCUT2D eigenvalue weighted by atomic mass is 10.1. The summed E-state index contributed by atoms with van der Waals surface area (Å²) in [5, 5.41) is 9.07. The molecular formula is C13H16O2SSi. The topological polar surface area (TPSA) is 37.3 Å². The van der Waals surface area contributed by atoms with Crippen molar-refractivity contribution in [2.75, 3.05) is 0 Å². The van der Waals surface area contributed by atoms with Crippen LogP contribution in [0.5, 0.6) is 0 Å². The second-order valence-corrected chi connectivity index (χ2v) is 10.2. The highest BCUT2D eigenvalue weighted by Crippen LogP contribution is 2.20. The van der Waals surface area contributed by atoms with Gasteiger partial charge in [-0.3, -0.25) is 0 Å². The fraction of sp³-hybridized carbons (Fsp3) is 0.308. The maximum atomic E-state index is 11.1. The quantitative estimate of drug-likeness (QED) is 0.464. The SMILES string of the molecule is Cc1c(S)cc(C#C[Si](C)(C)C)cc1C(=O)O. The Kier molecular flexibility index (Phi) is 4.07. The minimum atomic E-state index is -1.45. The van der Waals surface area contributed by atoms with Gasteiger partial charge in [-0.15, -0.1) is 18.2 Å². The van der Waals surface area contributed by atoms with E-state index in [0.29, 0.717) is 10.5 Å². The van der Waals surface area contributed by atoms with Gasteiger partial charge < -0.3 is 5.11 Å². The molecule has 17 heavy (non-hydrogen) atoms. The zero-order chi connectivity index (χ0) is 13.2. The molecule has 0 aliphatic rings. The molecule has 0 aliphatic heterocycles. The zero-order valence-electron chi connectivity index (χ0n) is 10.5. The Bertz CT molecular complexity index is 519. The molecule has 1 N–H and O–H groups in total. The number of hydrogen-bond acceptors (Lipinski definition) is 2. The number of rotatable bonds is 1. The number of carboxylic acids is 1. The van der Waals surface area contributed by atoms with Gasteiger partial charge in [0.1, 0.15) is 8.07 Å². The molecule has 0 bridgehead atoms. The van der Waals surface area contributed by atoms with Crippen molar-refractivity contribution in [1.82, 2.24) is 0 Å². The van der Waals surface area contributed by atoms with Crippen molar-refractivity contribution in [3.05, 3.63) is 28.8 Å². The van der Waals surface area contributed by atoms with E-state index in [1.165, 1.54) is 0 Å². The number of thiol groups is 1. The van der Waals surface area contributed by atoms with E-state index in [-0.39, 0.29) is 5.56 Å². The van der Waals surface area contributed by atoms with Crippen molar-refractivity contribution in [2.24, 2.45) is 0 Å². The van der Waals surface area contributed by atoms with Gasteiger partial charge in [0.15, 0.2) is 0 Å². The van der Waals surface area contributed by atoms with Crippen molar-refractivity contribution in [3.63, 3.8) is 0 Å². The molecule has 0 saturated heterocycles. The van der Waals surface area contributed by atoms with Crippen molar-refractivity contribution in [1.29, 1.82) is 0 Å². The molecule has 0 spiro atoms. The van der Waals surface area contributed by atoms with Crippen LogP contribution in [0, 0.1) is 18.4 Å². The molecule has 1 aromatic carbocycles. The van der Waals surface area contributed by atoms with Crippen molar-refractivity contribution in [2.45, 2.75) is 31.5 Å². The van der Waals surface area contributed by atoms with Crippen LogP contribution < -0.4 is 0 Å². The second-order valence-electron chi connectivity index (χ2n) is 4.97. The average molecular weight is 264 g/mol. The van der Waals surface area contributed by atoms with Crippen LogP contribution in [-0.4, -0.2) is 19.1 Å². The van der Waals surface area contributed by atoms with Gasteiger partial charge in [-0.05, 0) is 24.6 Å². The third-order valence-corrected chi connectivity index (χ3v) is 3.53. The van der Waals surface area contributed by atoms with Crippen molar-refractivity contribution >= 4 is 26.7 Å². The van der Waals surface area contributed by atoms with E-state index < -0.39 is 14.0 Å². The van der Waals surface area contributed by atoms with E-state index in [2.05, 4.69) is 43.7 Å². The molecule has 0 atom stereocenters. The van der Waals surface area contributed by atoms with Gasteiger partial charge in [-0.2, -0.15) is 0 Å². The number of benzene rings is 1. The first-order valence-electron chi connectivity index (χ1n) is 5.31. The highest BCUT2D eigenvalue weighted by atomic mass is 32.1. The third kappa shape index (κ3) is 3.95. The van der Waals surface area contributed by atoms with Gasteiger partial charge in [0, 0.05) is 10.5 Å². The summed E-state index contributed by atoms with van der Waals surface area (Å²) in [7, 11) is -1.45. The van der Waals surface area contributed by atoms with Gasteiger partial charge in [-0.25, -0.2) is 4.79 Å². The van der Waals surface area contributed by atoms with Crippen LogP contribution in [0.15, 0.2) is 17.0 Å². The largest absolute Gasteiger partial charge is 0.478 e. The summed E-state index contributed by atoms with van der Waals surface area (Å²) in [6.45, 7) is 8.19. The summed E-state index contributed by atoms with van der Waals surface area (Å²) in [6.07, 6.45) is 0. The first-order valence-corrected chi connectivity index (χ1v) is 9.25. The van der Waals surface area contributed by atoms with Crippen molar-refractivity contribution in [3.8, 4) is 11.5 Å². The lowest BCUT2D eigenvalue weighted by Gasteiger charge is -2.06. The average Bonchev–Trinajstić information content (AvgIpc) is 2.18. The van der Waals surface area contributed by atoms with Crippen LogP contribution in [0.2, 0.25) is 19.6 Å². The summed E-state index contributed by atoms with van der Waals surface area (Å²) in [5.74, 6) is 2.11. The molecule has 0 aliphatic carbocycles. The molecule has 0 aromatic heterocycles. The van der Waals surface area contributed by atoms with Gasteiger partial charge in [0.2, 0.25) is 0 Å². The molecule has 0 saturated carbocycles.